The first kappa shape index (κ1) is 14.1. The third-order valence-electron chi connectivity index (χ3n) is 3.68. The largest absolute Gasteiger partial charge is 0.302 e. The molecule has 1 saturated carbocycles. The summed E-state index contributed by atoms with van der Waals surface area (Å²) in [7, 11) is 1.90. The molecule has 2 nitrogen and oxygen atoms in total. The van der Waals surface area contributed by atoms with Crippen LogP contribution in [0.2, 0.25) is 0 Å². The van der Waals surface area contributed by atoms with E-state index in [-0.39, 0.29) is 5.82 Å². The minimum Gasteiger partial charge on any atom is -0.302 e. The smallest absolute Gasteiger partial charge is 0.132 e. The minimum atomic E-state index is -0.409. The lowest BCUT2D eigenvalue weighted by atomic mass is 9.88. The van der Waals surface area contributed by atoms with Gasteiger partial charge in [-0.2, -0.15) is 0 Å². The number of rotatable bonds is 4. The molecule has 0 saturated heterocycles. The predicted octanol–water partition coefficient (Wildman–Crippen LogP) is 3.16. The molecular formula is C15H19F2NO. The molecule has 0 aliphatic heterocycles. The highest BCUT2D eigenvalue weighted by Gasteiger charge is 2.20. The van der Waals surface area contributed by atoms with E-state index in [0.717, 1.165) is 31.5 Å². The molecule has 0 spiro atoms. The molecular weight excluding hydrogens is 248 g/mol. The summed E-state index contributed by atoms with van der Waals surface area (Å²) in [5.74, 6) is 0.0505. The Morgan fingerprint density at radius 1 is 1.26 bits per heavy atom. The summed E-state index contributed by atoms with van der Waals surface area (Å²) in [5, 5.41) is 0. The van der Waals surface area contributed by atoms with Gasteiger partial charge in [-0.15, -0.1) is 0 Å². The first-order valence-electron chi connectivity index (χ1n) is 6.69. The molecule has 104 valence electrons. The van der Waals surface area contributed by atoms with E-state index in [0.29, 0.717) is 36.7 Å². The van der Waals surface area contributed by atoms with Crippen molar-refractivity contribution in [3.63, 3.8) is 0 Å². The Morgan fingerprint density at radius 2 is 1.95 bits per heavy atom. The lowest BCUT2D eigenvalue weighted by Gasteiger charge is -2.26. The second-order valence-electron chi connectivity index (χ2n) is 5.41. The number of carbonyl (C=O) groups excluding carboxylic acids is 1. The van der Waals surface area contributed by atoms with Gasteiger partial charge in [0.05, 0.1) is 0 Å². The Bertz CT molecular complexity index is 451. The topological polar surface area (TPSA) is 20.3 Å². The molecule has 1 fully saturated rings. The highest BCUT2D eigenvalue weighted by molar-refractivity contribution is 5.79. The van der Waals surface area contributed by atoms with E-state index in [1.54, 1.807) is 0 Å². The molecule has 0 atom stereocenters. The van der Waals surface area contributed by atoms with Gasteiger partial charge in [-0.1, -0.05) is 0 Å². The molecule has 1 aliphatic rings. The summed E-state index contributed by atoms with van der Waals surface area (Å²) in [4.78, 5) is 13.2. The first-order valence-corrected chi connectivity index (χ1v) is 6.69. The molecule has 0 amide bonds. The summed E-state index contributed by atoms with van der Waals surface area (Å²) in [6, 6.07) is 3.54. The van der Waals surface area contributed by atoms with Crippen LogP contribution in [0.25, 0.3) is 0 Å². The Hall–Kier alpha value is -1.29. The quantitative estimate of drug-likeness (QED) is 0.835. The van der Waals surface area contributed by atoms with Gasteiger partial charge in [0.25, 0.3) is 0 Å². The molecule has 0 aromatic heterocycles. The van der Waals surface area contributed by atoms with Crippen LogP contribution in [0.4, 0.5) is 8.78 Å². The summed E-state index contributed by atoms with van der Waals surface area (Å²) in [6.45, 7) is 1.22. The van der Waals surface area contributed by atoms with Crippen LogP contribution in [-0.4, -0.2) is 24.3 Å². The summed E-state index contributed by atoms with van der Waals surface area (Å²) in [6.07, 6.45) is 3.14. The van der Waals surface area contributed by atoms with Crippen molar-refractivity contribution in [2.24, 2.45) is 5.92 Å². The molecule has 0 heterocycles. The van der Waals surface area contributed by atoms with Crippen LogP contribution in [0.3, 0.4) is 0 Å². The zero-order valence-electron chi connectivity index (χ0n) is 11.2. The van der Waals surface area contributed by atoms with Gasteiger partial charge >= 0.3 is 0 Å². The van der Waals surface area contributed by atoms with E-state index >= 15 is 0 Å². The third kappa shape index (κ3) is 4.10. The van der Waals surface area contributed by atoms with Gasteiger partial charge in [0, 0.05) is 31.5 Å². The van der Waals surface area contributed by atoms with Gasteiger partial charge < -0.3 is 4.90 Å². The van der Waals surface area contributed by atoms with E-state index in [1.807, 2.05) is 11.9 Å². The van der Waals surface area contributed by atoms with Crippen LogP contribution in [-0.2, 0) is 11.3 Å². The van der Waals surface area contributed by atoms with Crippen molar-refractivity contribution in [3.05, 3.63) is 35.4 Å². The second-order valence-corrected chi connectivity index (χ2v) is 5.41. The van der Waals surface area contributed by atoms with E-state index in [2.05, 4.69) is 0 Å². The van der Waals surface area contributed by atoms with Crippen LogP contribution in [0.15, 0.2) is 18.2 Å². The van der Waals surface area contributed by atoms with Crippen LogP contribution >= 0.6 is 0 Å². The Morgan fingerprint density at radius 3 is 2.63 bits per heavy atom. The van der Waals surface area contributed by atoms with Gasteiger partial charge in [0.2, 0.25) is 0 Å². The zero-order valence-corrected chi connectivity index (χ0v) is 11.2. The van der Waals surface area contributed by atoms with Gasteiger partial charge in [-0.25, -0.2) is 8.78 Å². The first-order chi connectivity index (χ1) is 9.04. The molecule has 1 aromatic rings. The Labute approximate surface area is 112 Å². The predicted molar refractivity (Wildman–Crippen MR) is 69.7 cm³/mol. The van der Waals surface area contributed by atoms with Crippen molar-refractivity contribution in [3.8, 4) is 0 Å². The number of carbonyl (C=O) groups is 1. The number of ketones is 1. The van der Waals surface area contributed by atoms with Gasteiger partial charge in [0.1, 0.15) is 17.4 Å². The molecule has 19 heavy (non-hydrogen) atoms. The maximum Gasteiger partial charge on any atom is 0.132 e. The number of nitrogens with zero attached hydrogens (tertiary/aromatic N) is 1. The fraction of sp³-hybridized carbons (Fsp3) is 0.533. The lowest BCUT2D eigenvalue weighted by Crippen LogP contribution is -2.28. The third-order valence-corrected chi connectivity index (χ3v) is 3.68. The average molecular weight is 267 g/mol. The number of Topliss-reactive ketones (excluding diaryl/α,β-unsaturated/α-hetero) is 1. The second kappa shape index (κ2) is 6.24. The monoisotopic (exact) mass is 267 g/mol. The average Bonchev–Trinajstić information content (AvgIpc) is 2.37. The van der Waals surface area contributed by atoms with Crippen molar-refractivity contribution in [1.82, 2.24) is 4.90 Å². The Balaban J connectivity index is 1.88. The summed E-state index contributed by atoms with van der Waals surface area (Å²) >= 11 is 0. The maximum atomic E-state index is 13.5. The van der Waals surface area contributed by atoms with Crippen LogP contribution in [0, 0.1) is 17.6 Å². The van der Waals surface area contributed by atoms with E-state index < -0.39 is 5.82 Å². The SMILES string of the molecule is CN(Cc1cc(F)ccc1F)CC1CCC(=O)CC1. The van der Waals surface area contributed by atoms with E-state index in [1.165, 1.54) is 6.07 Å². The summed E-state index contributed by atoms with van der Waals surface area (Å²) in [5.41, 5.74) is 0.384. The molecule has 2 rings (SSSR count). The van der Waals surface area contributed by atoms with Crippen molar-refractivity contribution in [1.29, 1.82) is 0 Å². The summed E-state index contributed by atoms with van der Waals surface area (Å²) < 4.78 is 26.6. The standard InChI is InChI=1S/C15H19F2NO/c1-18(9-11-2-5-14(19)6-3-11)10-12-8-13(16)4-7-15(12)17/h4,7-8,11H,2-3,5-6,9-10H2,1H3. The number of halogens is 2. The zero-order chi connectivity index (χ0) is 13.8. The van der Waals surface area contributed by atoms with Gasteiger partial charge in [-0.3, -0.25) is 4.79 Å². The molecule has 0 radical (unpaired) electrons. The highest BCUT2D eigenvalue weighted by atomic mass is 19.1. The molecule has 0 bridgehead atoms. The van der Waals surface area contributed by atoms with Crippen LogP contribution in [0.5, 0.6) is 0 Å². The van der Waals surface area contributed by atoms with Gasteiger partial charge in [0.15, 0.2) is 0 Å². The molecule has 1 aromatic carbocycles. The van der Waals surface area contributed by atoms with E-state index in [9.17, 15) is 13.6 Å². The Kier molecular flexibility index (Phi) is 4.64. The lowest BCUT2D eigenvalue weighted by molar-refractivity contribution is -0.121. The highest BCUT2D eigenvalue weighted by Crippen LogP contribution is 2.23. The number of hydrogen-bond donors (Lipinski definition) is 0. The fourth-order valence-corrected chi connectivity index (χ4v) is 2.64. The van der Waals surface area contributed by atoms with Crippen LogP contribution in [0.1, 0.15) is 31.2 Å². The number of benzene rings is 1. The van der Waals surface area contributed by atoms with Gasteiger partial charge in [-0.05, 0) is 44.0 Å². The fourth-order valence-electron chi connectivity index (χ4n) is 2.64. The van der Waals surface area contributed by atoms with Crippen LogP contribution < -0.4 is 0 Å². The minimum absolute atomic E-state index is 0.343. The molecule has 4 heteroatoms. The van der Waals surface area contributed by atoms with Crippen molar-refractivity contribution >= 4 is 5.78 Å². The van der Waals surface area contributed by atoms with E-state index in [4.69, 9.17) is 0 Å². The molecule has 0 N–H and O–H groups in total. The maximum absolute atomic E-state index is 13.5. The van der Waals surface area contributed by atoms with Crippen molar-refractivity contribution in [2.45, 2.75) is 32.2 Å². The van der Waals surface area contributed by atoms with Crippen molar-refractivity contribution in [2.75, 3.05) is 13.6 Å². The molecule has 1 aliphatic carbocycles. The number of hydrogen-bond acceptors (Lipinski definition) is 2. The molecule has 0 unspecified atom stereocenters. The normalized spacial score (nSPS) is 17.2. The van der Waals surface area contributed by atoms with Crippen molar-refractivity contribution < 1.29 is 13.6 Å².